The van der Waals surface area contributed by atoms with Gasteiger partial charge in [0.25, 0.3) is 0 Å². The van der Waals surface area contributed by atoms with Crippen molar-refractivity contribution < 1.29 is 4.74 Å². The Balaban J connectivity index is 1.59. The lowest BCUT2D eigenvalue weighted by molar-refractivity contribution is 0.181. The second-order valence-corrected chi connectivity index (χ2v) is 6.46. The molecule has 1 aliphatic rings. The van der Waals surface area contributed by atoms with E-state index in [9.17, 15) is 0 Å². The van der Waals surface area contributed by atoms with E-state index < -0.39 is 0 Å². The second-order valence-electron chi connectivity index (χ2n) is 6.46. The fraction of sp³-hybridized carbons (Fsp3) is 0.529. The number of nitrogens with one attached hydrogen (secondary N) is 1. The number of rotatable bonds is 6. The van der Waals surface area contributed by atoms with Gasteiger partial charge in [-0.05, 0) is 30.0 Å². The molecular formula is C17H24N4O. The molecule has 1 saturated heterocycles. The molecule has 1 N–H and O–H groups in total. The Morgan fingerprint density at radius 2 is 2.14 bits per heavy atom. The van der Waals surface area contributed by atoms with Crippen LogP contribution in [0.3, 0.4) is 0 Å². The van der Waals surface area contributed by atoms with E-state index in [1.807, 2.05) is 35.4 Å². The molecule has 5 heteroatoms. The van der Waals surface area contributed by atoms with Crippen LogP contribution in [0.1, 0.15) is 25.8 Å². The molecule has 0 bridgehead atoms. The Bertz CT molecular complexity index is 581. The molecular weight excluding hydrogens is 276 g/mol. The van der Waals surface area contributed by atoms with Crippen LogP contribution in [-0.4, -0.2) is 34.0 Å². The molecule has 2 unspecified atom stereocenters. The zero-order valence-electron chi connectivity index (χ0n) is 13.3. The summed E-state index contributed by atoms with van der Waals surface area (Å²) < 4.78 is 7.60. The molecule has 3 rings (SSSR count). The first kappa shape index (κ1) is 15.0. The second kappa shape index (κ2) is 6.92. The van der Waals surface area contributed by atoms with E-state index in [-0.39, 0.29) is 0 Å². The highest BCUT2D eigenvalue weighted by molar-refractivity contribution is 5.40. The van der Waals surface area contributed by atoms with Crippen LogP contribution in [-0.2, 0) is 11.3 Å². The van der Waals surface area contributed by atoms with Crippen molar-refractivity contribution in [3.63, 3.8) is 0 Å². The molecule has 0 amide bonds. The van der Waals surface area contributed by atoms with Crippen LogP contribution in [0, 0.1) is 11.8 Å². The number of anilines is 1. The lowest BCUT2D eigenvalue weighted by Gasteiger charge is -2.20. The summed E-state index contributed by atoms with van der Waals surface area (Å²) in [5, 5.41) is 8.01. The molecule has 0 saturated carbocycles. The fourth-order valence-corrected chi connectivity index (χ4v) is 3.01. The van der Waals surface area contributed by atoms with Crippen LogP contribution in [0.15, 0.2) is 36.9 Å². The average Bonchev–Trinajstić information content (AvgIpc) is 3.10. The van der Waals surface area contributed by atoms with Gasteiger partial charge in [0.15, 0.2) is 0 Å². The first-order valence-electron chi connectivity index (χ1n) is 7.96. The Kier molecular flexibility index (Phi) is 4.73. The molecule has 0 radical (unpaired) electrons. The quantitative estimate of drug-likeness (QED) is 0.891. The predicted octanol–water partition coefficient (Wildman–Crippen LogP) is 2.80. The van der Waals surface area contributed by atoms with Gasteiger partial charge in [-0.3, -0.25) is 9.67 Å². The highest BCUT2D eigenvalue weighted by Gasteiger charge is 2.28. The third kappa shape index (κ3) is 3.85. The number of nitrogens with zero attached hydrogens (tertiary/aromatic N) is 3. The molecule has 118 valence electrons. The van der Waals surface area contributed by atoms with Gasteiger partial charge in [0.05, 0.1) is 37.7 Å². The molecule has 3 heterocycles. The largest absolute Gasteiger partial charge is 0.379 e. The summed E-state index contributed by atoms with van der Waals surface area (Å²) in [7, 11) is 0. The van der Waals surface area contributed by atoms with Crippen molar-refractivity contribution >= 4 is 5.69 Å². The van der Waals surface area contributed by atoms with Crippen LogP contribution in [0.25, 0.3) is 0 Å². The van der Waals surface area contributed by atoms with Crippen molar-refractivity contribution in [3.8, 4) is 0 Å². The summed E-state index contributed by atoms with van der Waals surface area (Å²) in [6.45, 7) is 6.94. The number of pyridine rings is 1. The first-order chi connectivity index (χ1) is 10.7. The summed E-state index contributed by atoms with van der Waals surface area (Å²) in [4.78, 5) is 4.04. The van der Waals surface area contributed by atoms with Gasteiger partial charge in [-0.15, -0.1) is 0 Å². The highest BCUT2D eigenvalue weighted by Crippen LogP contribution is 2.24. The van der Waals surface area contributed by atoms with Gasteiger partial charge in [-0.1, -0.05) is 13.8 Å². The molecule has 22 heavy (non-hydrogen) atoms. The number of ether oxygens (including phenoxy) is 1. The highest BCUT2D eigenvalue weighted by atomic mass is 16.5. The van der Waals surface area contributed by atoms with E-state index in [1.54, 1.807) is 0 Å². The standard InChI is InChI=1S/C17H24N4O/c1-13(2)7-15-11-22-12-17(15)20-16-8-19-21(10-16)9-14-3-5-18-6-4-14/h3-6,8,10,13,15,17,20H,7,9,11-12H2,1-2H3. The minimum Gasteiger partial charge on any atom is -0.379 e. The Labute approximate surface area is 131 Å². The summed E-state index contributed by atoms with van der Waals surface area (Å²) in [5.41, 5.74) is 2.27. The van der Waals surface area contributed by atoms with Crippen molar-refractivity contribution in [3.05, 3.63) is 42.5 Å². The summed E-state index contributed by atoms with van der Waals surface area (Å²) in [6, 6.07) is 4.41. The van der Waals surface area contributed by atoms with E-state index in [0.29, 0.717) is 17.9 Å². The number of aromatic nitrogens is 3. The Morgan fingerprint density at radius 3 is 2.91 bits per heavy atom. The fourth-order valence-electron chi connectivity index (χ4n) is 3.01. The van der Waals surface area contributed by atoms with Crippen LogP contribution >= 0.6 is 0 Å². The van der Waals surface area contributed by atoms with Gasteiger partial charge in [-0.2, -0.15) is 5.10 Å². The zero-order chi connectivity index (χ0) is 15.4. The van der Waals surface area contributed by atoms with Crippen molar-refractivity contribution in [1.82, 2.24) is 14.8 Å². The number of hydrogen-bond acceptors (Lipinski definition) is 4. The third-order valence-corrected chi connectivity index (χ3v) is 4.05. The predicted molar refractivity (Wildman–Crippen MR) is 86.7 cm³/mol. The van der Waals surface area contributed by atoms with Gasteiger partial charge < -0.3 is 10.1 Å². The number of hydrogen-bond donors (Lipinski definition) is 1. The van der Waals surface area contributed by atoms with Crippen LogP contribution < -0.4 is 5.32 Å². The van der Waals surface area contributed by atoms with Crippen LogP contribution in [0.2, 0.25) is 0 Å². The molecule has 1 fully saturated rings. The maximum atomic E-state index is 5.65. The SMILES string of the molecule is CC(C)CC1COCC1Nc1cnn(Cc2ccncc2)c1. The average molecular weight is 300 g/mol. The van der Waals surface area contributed by atoms with Crippen molar-refractivity contribution in [2.75, 3.05) is 18.5 Å². The lowest BCUT2D eigenvalue weighted by atomic mass is 9.93. The molecule has 2 aromatic heterocycles. The lowest BCUT2D eigenvalue weighted by Crippen LogP contribution is -2.28. The van der Waals surface area contributed by atoms with Crippen LogP contribution in [0.5, 0.6) is 0 Å². The molecule has 5 nitrogen and oxygen atoms in total. The normalized spacial score (nSPS) is 21.4. The minimum absolute atomic E-state index is 0.390. The molecule has 2 aromatic rings. The van der Waals surface area contributed by atoms with Gasteiger partial charge >= 0.3 is 0 Å². The van der Waals surface area contributed by atoms with Gasteiger partial charge in [0, 0.05) is 24.5 Å². The maximum Gasteiger partial charge on any atom is 0.0729 e. The van der Waals surface area contributed by atoms with Gasteiger partial charge in [-0.25, -0.2) is 0 Å². The van der Waals surface area contributed by atoms with E-state index >= 15 is 0 Å². The summed E-state index contributed by atoms with van der Waals surface area (Å²) in [5.74, 6) is 1.29. The van der Waals surface area contributed by atoms with E-state index in [0.717, 1.165) is 25.4 Å². The molecule has 0 aliphatic carbocycles. The van der Waals surface area contributed by atoms with Crippen LogP contribution in [0.4, 0.5) is 5.69 Å². The van der Waals surface area contributed by atoms with E-state index in [2.05, 4.69) is 35.4 Å². The third-order valence-electron chi connectivity index (χ3n) is 4.05. The molecule has 0 spiro atoms. The monoisotopic (exact) mass is 300 g/mol. The van der Waals surface area contributed by atoms with Gasteiger partial charge in [0.2, 0.25) is 0 Å². The summed E-state index contributed by atoms with van der Waals surface area (Å²) >= 11 is 0. The van der Waals surface area contributed by atoms with E-state index in [4.69, 9.17) is 4.74 Å². The Morgan fingerprint density at radius 1 is 1.32 bits per heavy atom. The topological polar surface area (TPSA) is 52.0 Å². The minimum atomic E-state index is 0.390. The molecule has 0 aromatic carbocycles. The maximum absolute atomic E-state index is 5.65. The first-order valence-corrected chi connectivity index (χ1v) is 7.96. The Hall–Kier alpha value is -1.88. The smallest absolute Gasteiger partial charge is 0.0729 e. The van der Waals surface area contributed by atoms with Crippen molar-refractivity contribution in [1.29, 1.82) is 0 Å². The zero-order valence-corrected chi connectivity index (χ0v) is 13.3. The van der Waals surface area contributed by atoms with Crippen molar-refractivity contribution in [2.24, 2.45) is 11.8 Å². The van der Waals surface area contributed by atoms with E-state index in [1.165, 1.54) is 12.0 Å². The van der Waals surface area contributed by atoms with Gasteiger partial charge in [0.1, 0.15) is 0 Å². The summed E-state index contributed by atoms with van der Waals surface area (Å²) in [6.07, 6.45) is 8.77. The molecule has 1 aliphatic heterocycles. The molecule has 2 atom stereocenters. The van der Waals surface area contributed by atoms with Crippen molar-refractivity contribution in [2.45, 2.75) is 32.9 Å².